The maximum absolute atomic E-state index is 10.5. The summed E-state index contributed by atoms with van der Waals surface area (Å²) in [6.07, 6.45) is -0.930. The van der Waals surface area contributed by atoms with E-state index in [2.05, 4.69) is 0 Å². The van der Waals surface area contributed by atoms with Crippen LogP contribution in [0.5, 0.6) is 5.75 Å². The predicted molar refractivity (Wildman–Crippen MR) is 52.5 cm³/mol. The van der Waals surface area contributed by atoms with Crippen LogP contribution in [0.4, 0.5) is 4.79 Å². The lowest BCUT2D eigenvalue weighted by atomic mass is 10.2. The minimum Gasteiger partial charge on any atom is -0.497 e. The minimum atomic E-state index is -0.930. The van der Waals surface area contributed by atoms with Gasteiger partial charge >= 0.3 is 6.09 Å². The summed E-state index contributed by atoms with van der Waals surface area (Å²) in [5.74, 6) is 0.770. The van der Waals surface area contributed by atoms with Crippen molar-refractivity contribution in [1.82, 2.24) is 4.90 Å². The number of benzene rings is 1. The Labute approximate surface area is 82.7 Å². The number of nitrogens with zero attached hydrogens (tertiary/aromatic N) is 1. The molecule has 0 unspecified atom stereocenters. The second-order valence-electron chi connectivity index (χ2n) is 2.99. The molecule has 0 saturated carbocycles. The summed E-state index contributed by atoms with van der Waals surface area (Å²) in [6, 6.07) is 7.31. The molecule has 76 valence electrons. The average molecular weight is 195 g/mol. The standard InChI is InChI=1S/C10H13NO3/c1-11(10(12)13)7-8-3-5-9(14-2)6-4-8/h3-6H,7H2,1-2H3,(H,12,13). The Bertz CT molecular complexity index is 308. The highest BCUT2D eigenvalue weighted by molar-refractivity contribution is 5.64. The molecule has 4 heteroatoms. The zero-order valence-corrected chi connectivity index (χ0v) is 8.23. The van der Waals surface area contributed by atoms with E-state index < -0.39 is 6.09 Å². The van der Waals surface area contributed by atoms with Gasteiger partial charge in [-0.1, -0.05) is 12.1 Å². The maximum Gasteiger partial charge on any atom is 0.407 e. The molecule has 0 fully saturated rings. The van der Waals surface area contributed by atoms with Crippen LogP contribution in [0.3, 0.4) is 0 Å². The third-order valence-corrected chi connectivity index (χ3v) is 1.91. The van der Waals surface area contributed by atoms with Crippen LogP contribution in [0.25, 0.3) is 0 Å². The van der Waals surface area contributed by atoms with Gasteiger partial charge in [-0.25, -0.2) is 4.79 Å². The molecular formula is C10H13NO3. The predicted octanol–water partition coefficient (Wildman–Crippen LogP) is 1.81. The lowest BCUT2D eigenvalue weighted by molar-refractivity contribution is 0.154. The van der Waals surface area contributed by atoms with Crippen LogP contribution in [-0.4, -0.2) is 30.3 Å². The molecule has 0 heterocycles. The van der Waals surface area contributed by atoms with Crippen LogP contribution in [0.1, 0.15) is 5.56 Å². The van der Waals surface area contributed by atoms with Crippen molar-refractivity contribution in [3.63, 3.8) is 0 Å². The number of carboxylic acid groups (broad SMARTS) is 1. The third kappa shape index (κ3) is 2.65. The first-order valence-electron chi connectivity index (χ1n) is 4.20. The van der Waals surface area contributed by atoms with Crippen molar-refractivity contribution in [3.05, 3.63) is 29.8 Å². The van der Waals surface area contributed by atoms with E-state index in [-0.39, 0.29) is 0 Å². The average Bonchev–Trinajstić information content (AvgIpc) is 2.19. The Balaban J connectivity index is 2.64. The monoisotopic (exact) mass is 195 g/mol. The number of methoxy groups -OCH3 is 1. The molecule has 14 heavy (non-hydrogen) atoms. The lowest BCUT2D eigenvalue weighted by Gasteiger charge is -2.12. The Kier molecular flexibility index (Phi) is 3.34. The van der Waals surface area contributed by atoms with Crippen LogP contribution in [0.2, 0.25) is 0 Å². The SMILES string of the molecule is COc1ccc(CN(C)C(=O)O)cc1. The van der Waals surface area contributed by atoms with Crippen molar-refractivity contribution in [2.75, 3.05) is 14.2 Å². The third-order valence-electron chi connectivity index (χ3n) is 1.91. The molecule has 0 spiro atoms. The van der Waals surface area contributed by atoms with E-state index >= 15 is 0 Å². The molecule has 0 aromatic heterocycles. The highest BCUT2D eigenvalue weighted by atomic mass is 16.5. The highest BCUT2D eigenvalue weighted by Gasteiger charge is 2.05. The topological polar surface area (TPSA) is 49.8 Å². The number of ether oxygens (including phenoxy) is 1. The molecule has 0 atom stereocenters. The summed E-state index contributed by atoms with van der Waals surface area (Å²) in [6.45, 7) is 0.388. The number of hydrogen-bond donors (Lipinski definition) is 1. The normalized spacial score (nSPS) is 9.57. The molecule has 1 aromatic carbocycles. The van der Waals surface area contributed by atoms with Crippen molar-refractivity contribution in [3.8, 4) is 5.75 Å². The summed E-state index contributed by atoms with van der Waals surface area (Å²) in [4.78, 5) is 11.8. The van der Waals surface area contributed by atoms with E-state index in [9.17, 15) is 4.79 Å². The molecule has 0 aliphatic rings. The molecule has 1 N–H and O–H groups in total. The fourth-order valence-corrected chi connectivity index (χ4v) is 1.07. The summed E-state index contributed by atoms with van der Waals surface area (Å²) >= 11 is 0. The molecule has 1 rings (SSSR count). The molecule has 0 bridgehead atoms. The first kappa shape index (κ1) is 10.4. The van der Waals surface area contributed by atoms with Crippen molar-refractivity contribution in [1.29, 1.82) is 0 Å². The molecule has 1 aromatic rings. The van der Waals surface area contributed by atoms with Gasteiger partial charge in [0.05, 0.1) is 7.11 Å². The van der Waals surface area contributed by atoms with Crippen LogP contribution < -0.4 is 4.74 Å². The molecule has 4 nitrogen and oxygen atoms in total. The highest BCUT2D eigenvalue weighted by Crippen LogP contribution is 2.12. The Hall–Kier alpha value is -1.71. The lowest BCUT2D eigenvalue weighted by Crippen LogP contribution is -2.23. The second kappa shape index (κ2) is 4.50. The quantitative estimate of drug-likeness (QED) is 0.800. The van der Waals surface area contributed by atoms with Gasteiger partial charge in [0, 0.05) is 13.6 Å². The van der Waals surface area contributed by atoms with Gasteiger partial charge in [-0.3, -0.25) is 0 Å². The Morgan fingerprint density at radius 2 is 2.00 bits per heavy atom. The molecule has 0 radical (unpaired) electrons. The van der Waals surface area contributed by atoms with Crippen LogP contribution in [0.15, 0.2) is 24.3 Å². The molecule has 0 aliphatic heterocycles. The van der Waals surface area contributed by atoms with Gasteiger partial charge in [-0.15, -0.1) is 0 Å². The van der Waals surface area contributed by atoms with Gasteiger partial charge in [0.15, 0.2) is 0 Å². The van der Waals surface area contributed by atoms with Crippen LogP contribution in [0, 0.1) is 0 Å². The first-order chi connectivity index (χ1) is 6.63. The zero-order chi connectivity index (χ0) is 10.6. The number of amides is 1. The van der Waals surface area contributed by atoms with Gasteiger partial charge in [0.25, 0.3) is 0 Å². The first-order valence-corrected chi connectivity index (χ1v) is 4.20. The molecule has 0 aliphatic carbocycles. The molecular weight excluding hydrogens is 182 g/mol. The van der Waals surface area contributed by atoms with Gasteiger partial charge in [-0.05, 0) is 17.7 Å². The molecule has 1 amide bonds. The molecule has 0 saturated heterocycles. The smallest absolute Gasteiger partial charge is 0.407 e. The van der Waals surface area contributed by atoms with Crippen molar-refractivity contribution < 1.29 is 14.6 Å². The second-order valence-corrected chi connectivity index (χ2v) is 2.99. The van der Waals surface area contributed by atoms with Crippen molar-refractivity contribution in [2.45, 2.75) is 6.54 Å². The van der Waals surface area contributed by atoms with E-state index in [4.69, 9.17) is 9.84 Å². The van der Waals surface area contributed by atoms with Gasteiger partial charge in [0.1, 0.15) is 5.75 Å². The number of rotatable bonds is 3. The largest absolute Gasteiger partial charge is 0.497 e. The van der Waals surface area contributed by atoms with Crippen LogP contribution in [-0.2, 0) is 6.54 Å². The number of hydrogen-bond acceptors (Lipinski definition) is 2. The summed E-state index contributed by atoms with van der Waals surface area (Å²) in [5.41, 5.74) is 0.940. The van der Waals surface area contributed by atoms with Crippen LogP contribution >= 0.6 is 0 Å². The minimum absolute atomic E-state index is 0.388. The van der Waals surface area contributed by atoms with E-state index in [1.165, 1.54) is 11.9 Å². The van der Waals surface area contributed by atoms with E-state index in [0.29, 0.717) is 6.54 Å². The summed E-state index contributed by atoms with van der Waals surface area (Å²) in [7, 11) is 3.13. The van der Waals surface area contributed by atoms with E-state index in [1.807, 2.05) is 24.3 Å². The van der Waals surface area contributed by atoms with E-state index in [0.717, 1.165) is 11.3 Å². The van der Waals surface area contributed by atoms with E-state index in [1.54, 1.807) is 7.11 Å². The Morgan fingerprint density at radius 1 is 1.43 bits per heavy atom. The van der Waals surface area contributed by atoms with Gasteiger partial charge in [0.2, 0.25) is 0 Å². The van der Waals surface area contributed by atoms with Gasteiger partial charge in [-0.2, -0.15) is 0 Å². The summed E-state index contributed by atoms with van der Waals surface area (Å²) < 4.78 is 4.99. The maximum atomic E-state index is 10.5. The van der Waals surface area contributed by atoms with Crippen molar-refractivity contribution >= 4 is 6.09 Å². The van der Waals surface area contributed by atoms with Gasteiger partial charge < -0.3 is 14.7 Å². The Morgan fingerprint density at radius 3 is 2.43 bits per heavy atom. The summed E-state index contributed by atoms with van der Waals surface area (Å²) in [5, 5.41) is 8.65. The fourth-order valence-electron chi connectivity index (χ4n) is 1.07. The van der Waals surface area contributed by atoms with Crippen molar-refractivity contribution in [2.24, 2.45) is 0 Å². The zero-order valence-electron chi connectivity index (χ0n) is 8.23. The number of carbonyl (C=O) groups is 1. The fraction of sp³-hybridized carbons (Fsp3) is 0.300.